The van der Waals surface area contributed by atoms with Crippen LogP contribution in [0.3, 0.4) is 0 Å². The minimum Gasteiger partial charge on any atom is -0.362 e. The van der Waals surface area contributed by atoms with Crippen molar-refractivity contribution in [1.82, 2.24) is 9.88 Å². The van der Waals surface area contributed by atoms with Gasteiger partial charge in [0.1, 0.15) is 0 Å². The highest BCUT2D eigenvalue weighted by atomic mass is 32.1. The number of nitriles is 1. The number of nitrogens with zero attached hydrogens (tertiary/aromatic N) is 3. The van der Waals surface area contributed by atoms with E-state index < -0.39 is 0 Å². The molecule has 0 saturated carbocycles. The Bertz CT molecular complexity index is 369. The maximum atomic E-state index is 8.66. The lowest BCUT2D eigenvalue weighted by Crippen LogP contribution is -2.27. The molecule has 5 heteroatoms. The Morgan fingerprint density at radius 1 is 1.65 bits per heavy atom. The highest BCUT2D eigenvalue weighted by Crippen LogP contribution is 2.20. The molecule has 0 aliphatic heterocycles. The second-order valence-corrected chi connectivity index (χ2v) is 5.30. The Balaban J connectivity index is 2.46. The van der Waals surface area contributed by atoms with Crippen molar-refractivity contribution < 1.29 is 0 Å². The molecule has 17 heavy (non-hydrogen) atoms. The summed E-state index contributed by atoms with van der Waals surface area (Å²) in [6, 6.07) is 2.49. The molecule has 0 aliphatic rings. The van der Waals surface area contributed by atoms with Gasteiger partial charge in [0.15, 0.2) is 5.13 Å². The topological polar surface area (TPSA) is 52.0 Å². The van der Waals surface area contributed by atoms with Crippen LogP contribution in [0.1, 0.15) is 31.6 Å². The molecule has 1 N–H and O–H groups in total. The van der Waals surface area contributed by atoms with Gasteiger partial charge in [-0.05, 0) is 20.4 Å². The molecule has 0 bridgehead atoms. The van der Waals surface area contributed by atoms with E-state index >= 15 is 0 Å². The Labute approximate surface area is 107 Å². The molecule has 94 valence electrons. The predicted molar refractivity (Wildman–Crippen MR) is 72.1 cm³/mol. The Morgan fingerprint density at radius 3 is 3.06 bits per heavy atom. The van der Waals surface area contributed by atoms with Crippen LogP contribution in [0, 0.1) is 11.3 Å². The van der Waals surface area contributed by atoms with Crippen LogP contribution in [0.2, 0.25) is 0 Å². The van der Waals surface area contributed by atoms with Gasteiger partial charge in [-0.3, -0.25) is 4.90 Å². The van der Waals surface area contributed by atoms with Crippen molar-refractivity contribution in [1.29, 1.82) is 5.26 Å². The molecule has 0 spiro atoms. The van der Waals surface area contributed by atoms with E-state index in [1.54, 1.807) is 11.3 Å². The molecule has 1 unspecified atom stereocenters. The molecular weight excluding hydrogens is 232 g/mol. The molecule has 0 saturated heterocycles. The average molecular weight is 252 g/mol. The predicted octanol–water partition coefficient (Wildman–Crippen LogP) is 2.70. The maximum absolute atomic E-state index is 8.66. The van der Waals surface area contributed by atoms with Crippen LogP contribution in [-0.2, 0) is 6.54 Å². The third-order valence-corrected chi connectivity index (χ3v) is 3.56. The summed E-state index contributed by atoms with van der Waals surface area (Å²) >= 11 is 1.69. The zero-order chi connectivity index (χ0) is 12.7. The summed E-state index contributed by atoms with van der Waals surface area (Å²) in [5.41, 5.74) is 0. The van der Waals surface area contributed by atoms with E-state index in [9.17, 15) is 0 Å². The molecule has 1 atom stereocenters. The van der Waals surface area contributed by atoms with Crippen LogP contribution in [0.15, 0.2) is 6.20 Å². The highest BCUT2D eigenvalue weighted by molar-refractivity contribution is 7.15. The van der Waals surface area contributed by atoms with Crippen LogP contribution in [0.25, 0.3) is 0 Å². The summed E-state index contributed by atoms with van der Waals surface area (Å²) in [4.78, 5) is 7.74. The van der Waals surface area contributed by atoms with Crippen molar-refractivity contribution >= 4 is 16.5 Å². The van der Waals surface area contributed by atoms with Gasteiger partial charge in [-0.2, -0.15) is 5.26 Å². The van der Waals surface area contributed by atoms with Crippen LogP contribution in [0.4, 0.5) is 5.13 Å². The summed E-state index contributed by atoms with van der Waals surface area (Å²) < 4.78 is 0. The fourth-order valence-electron chi connectivity index (χ4n) is 1.38. The fraction of sp³-hybridized carbons (Fsp3) is 0.667. The number of nitrogens with one attached hydrogen (secondary N) is 1. The van der Waals surface area contributed by atoms with Gasteiger partial charge in [0.25, 0.3) is 0 Å². The van der Waals surface area contributed by atoms with Gasteiger partial charge in [-0.25, -0.2) is 4.98 Å². The van der Waals surface area contributed by atoms with Crippen molar-refractivity contribution in [3.8, 4) is 6.07 Å². The number of thiazole rings is 1. The number of aromatic nitrogens is 1. The normalized spacial score (nSPS) is 12.4. The van der Waals surface area contributed by atoms with Crippen molar-refractivity contribution in [2.75, 3.05) is 18.9 Å². The summed E-state index contributed by atoms with van der Waals surface area (Å²) in [6.45, 7) is 6.03. The lowest BCUT2D eigenvalue weighted by atomic mass is 10.2. The molecule has 0 radical (unpaired) electrons. The average Bonchev–Trinajstić information content (AvgIpc) is 2.74. The van der Waals surface area contributed by atoms with E-state index in [1.165, 1.54) is 4.88 Å². The second-order valence-electron chi connectivity index (χ2n) is 4.18. The molecule has 1 aromatic rings. The largest absolute Gasteiger partial charge is 0.362 e. The number of rotatable bonds is 7. The molecule has 0 aliphatic carbocycles. The zero-order valence-electron chi connectivity index (χ0n) is 10.7. The van der Waals surface area contributed by atoms with Crippen molar-refractivity contribution in [2.45, 2.75) is 39.3 Å². The molecular formula is C12H20N4S. The van der Waals surface area contributed by atoms with Crippen molar-refractivity contribution in [2.24, 2.45) is 0 Å². The van der Waals surface area contributed by atoms with Crippen molar-refractivity contribution in [3.05, 3.63) is 11.1 Å². The van der Waals surface area contributed by atoms with Gasteiger partial charge in [-0.15, -0.1) is 11.3 Å². The SMILES string of the molecule is CCCNc1ncc(CN(C)C(C)CC#N)s1. The molecule has 0 aromatic carbocycles. The van der Waals surface area contributed by atoms with E-state index in [-0.39, 0.29) is 6.04 Å². The lowest BCUT2D eigenvalue weighted by molar-refractivity contribution is 0.254. The first-order valence-electron chi connectivity index (χ1n) is 5.93. The smallest absolute Gasteiger partial charge is 0.182 e. The van der Waals surface area contributed by atoms with E-state index in [4.69, 9.17) is 5.26 Å². The summed E-state index contributed by atoms with van der Waals surface area (Å²) in [7, 11) is 2.04. The first-order valence-corrected chi connectivity index (χ1v) is 6.74. The van der Waals surface area contributed by atoms with Gasteiger partial charge in [0.2, 0.25) is 0 Å². The quantitative estimate of drug-likeness (QED) is 0.810. The van der Waals surface area contributed by atoms with Crippen LogP contribution in [0.5, 0.6) is 0 Å². The molecule has 0 fully saturated rings. The summed E-state index contributed by atoms with van der Waals surface area (Å²) in [5.74, 6) is 0. The molecule has 0 amide bonds. The number of anilines is 1. The molecule has 1 heterocycles. The van der Waals surface area contributed by atoms with Crippen molar-refractivity contribution in [3.63, 3.8) is 0 Å². The Hall–Kier alpha value is -1.12. The molecule has 1 aromatic heterocycles. The number of hydrogen-bond donors (Lipinski definition) is 1. The van der Waals surface area contributed by atoms with Crippen LogP contribution < -0.4 is 5.32 Å². The van der Waals surface area contributed by atoms with E-state index in [2.05, 4.69) is 35.1 Å². The van der Waals surface area contributed by atoms with Gasteiger partial charge in [0.05, 0.1) is 12.5 Å². The number of hydrogen-bond acceptors (Lipinski definition) is 5. The zero-order valence-corrected chi connectivity index (χ0v) is 11.5. The van der Waals surface area contributed by atoms with Gasteiger partial charge >= 0.3 is 0 Å². The van der Waals surface area contributed by atoms with E-state index in [0.717, 1.165) is 24.6 Å². The molecule has 4 nitrogen and oxygen atoms in total. The minimum atomic E-state index is 0.286. The minimum absolute atomic E-state index is 0.286. The summed E-state index contributed by atoms with van der Waals surface area (Å²) in [5, 5.41) is 12.9. The van der Waals surface area contributed by atoms with Crippen LogP contribution >= 0.6 is 11.3 Å². The Kier molecular flexibility index (Phi) is 5.95. The second kappa shape index (κ2) is 7.25. The Morgan fingerprint density at radius 2 is 2.41 bits per heavy atom. The van der Waals surface area contributed by atoms with Gasteiger partial charge < -0.3 is 5.32 Å². The fourth-order valence-corrected chi connectivity index (χ4v) is 2.29. The van der Waals surface area contributed by atoms with Gasteiger partial charge in [0, 0.05) is 30.2 Å². The third kappa shape index (κ3) is 4.72. The highest BCUT2D eigenvalue weighted by Gasteiger charge is 2.10. The van der Waals surface area contributed by atoms with Gasteiger partial charge in [-0.1, -0.05) is 6.92 Å². The molecule has 1 rings (SSSR count). The monoisotopic (exact) mass is 252 g/mol. The van der Waals surface area contributed by atoms with Crippen LogP contribution in [-0.4, -0.2) is 29.5 Å². The first kappa shape index (κ1) is 13.9. The first-order chi connectivity index (χ1) is 8.17. The van der Waals surface area contributed by atoms with E-state index in [1.807, 2.05) is 13.2 Å². The third-order valence-electron chi connectivity index (χ3n) is 2.62. The van der Waals surface area contributed by atoms with E-state index in [0.29, 0.717) is 6.42 Å². The summed E-state index contributed by atoms with van der Waals surface area (Å²) in [6.07, 6.45) is 3.59. The standard InChI is InChI=1S/C12H20N4S/c1-4-7-14-12-15-8-11(17-12)9-16(3)10(2)5-6-13/h8,10H,4-5,7,9H2,1-3H3,(H,14,15). The maximum Gasteiger partial charge on any atom is 0.182 e. The lowest BCUT2D eigenvalue weighted by Gasteiger charge is -2.21.